The summed E-state index contributed by atoms with van der Waals surface area (Å²) >= 11 is 0. The molecular weight excluding hydrogens is 340 g/mol. The van der Waals surface area contributed by atoms with Gasteiger partial charge in [0, 0.05) is 29.7 Å². The molecular formula is C21H24N4O2. The number of anilines is 2. The fraction of sp³-hybridized carbons (Fsp3) is 0.429. The number of carbonyl (C=O) groups is 2. The van der Waals surface area contributed by atoms with Crippen molar-refractivity contribution >= 4 is 34.1 Å². The minimum absolute atomic E-state index is 0.157. The first kappa shape index (κ1) is 17.6. The van der Waals surface area contributed by atoms with Crippen molar-refractivity contribution in [3.63, 3.8) is 0 Å². The van der Waals surface area contributed by atoms with Crippen molar-refractivity contribution in [1.29, 1.82) is 0 Å². The van der Waals surface area contributed by atoms with Crippen molar-refractivity contribution in [1.82, 2.24) is 9.97 Å². The Morgan fingerprint density at radius 2 is 2.00 bits per heavy atom. The highest BCUT2D eigenvalue weighted by molar-refractivity contribution is 6.04. The molecule has 1 aliphatic heterocycles. The lowest BCUT2D eigenvalue weighted by Gasteiger charge is -2.32. The van der Waals surface area contributed by atoms with E-state index in [9.17, 15) is 9.59 Å². The van der Waals surface area contributed by atoms with Gasteiger partial charge in [0.2, 0.25) is 5.91 Å². The van der Waals surface area contributed by atoms with Crippen LogP contribution < -0.4 is 10.2 Å². The molecule has 27 heavy (non-hydrogen) atoms. The predicted molar refractivity (Wildman–Crippen MR) is 106 cm³/mol. The van der Waals surface area contributed by atoms with Crippen molar-refractivity contribution in [2.24, 2.45) is 5.92 Å². The molecule has 2 heterocycles. The Morgan fingerprint density at radius 3 is 2.85 bits per heavy atom. The van der Waals surface area contributed by atoms with E-state index in [1.165, 1.54) is 51.2 Å². The van der Waals surface area contributed by atoms with Crippen LogP contribution in [0.2, 0.25) is 0 Å². The molecule has 1 aliphatic carbocycles. The lowest BCUT2D eigenvalue weighted by atomic mass is 9.85. The van der Waals surface area contributed by atoms with Crippen LogP contribution in [0.4, 0.5) is 11.5 Å². The van der Waals surface area contributed by atoms with Crippen molar-refractivity contribution < 1.29 is 9.59 Å². The van der Waals surface area contributed by atoms with Crippen LogP contribution in [0.1, 0.15) is 39.0 Å². The van der Waals surface area contributed by atoms with Gasteiger partial charge in [0.15, 0.2) is 5.78 Å². The van der Waals surface area contributed by atoms with Gasteiger partial charge >= 0.3 is 0 Å². The van der Waals surface area contributed by atoms with Gasteiger partial charge in [0.1, 0.15) is 12.1 Å². The third kappa shape index (κ3) is 3.70. The second-order valence-corrected chi connectivity index (χ2v) is 7.46. The molecule has 1 N–H and O–H groups in total. The number of hydrogen-bond donors (Lipinski definition) is 1. The summed E-state index contributed by atoms with van der Waals surface area (Å²) in [7, 11) is 0. The Hall–Kier alpha value is -2.76. The van der Waals surface area contributed by atoms with E-state index in [1.807, 2.05) is 18.2 Å². The second-order valence-electron chi connectivity index (χ2n) is 7.46. The molecule has 2 fully saturated rings. The Bertz CT molecular complexity index is 908. The van der Waals surface area contributed by atoms with E-state index in [4.69, 9.17) is 0 Å². The van der Waals surface area contributed by atoms with Gasteiger partial charge in [-0.2, -0.15) is 0 Å². The summed E-state index contributed by atoms with van der Waals surface area (Å²) in [6.45, 7) is 2.44. The first-order valence-corrected chi connectivity index (χ1v) is 9.63. The highest BCUT2D eigenvalue weighted by atomic mass is 16.1. The van der Waals surface area contributed by atoms with E-state index in [0.717, 1.165) is 29.2 Å². The van der Waals surface area contributed by atoms with E-state index in [-0.39, 0.29) is 11.7 Å². The monoisotopic (exact) mass is 364 g/mol. The average Bonchev–Trinajstić information content (AvgIpc) is 3.10. The van der Waals surface area contributed by atoms with Gasteiger partial charge in [-0.3, -0.25) is 9.59 Å². The maximum atomic E-state index is 12.0. The van der Waals surface area contributed by atoms with Crippen molar-refractivity contribution in [3.8, 4) is 0 Å². The topological polar surface area (TPSA) is 75.2 Å². The summed E-state index contributed by atoms with van der Waals surface area (Å²) in [5.74, 6) is 1.25. The molecule has 4 rings (SSSR count). The summed E-state index contributed by atoms with van der Waals surface area (Å²) in [4.78, 5) is 34.4. The van der Waals surface area contributed by atoms with E-state index in [1.54, 1.807) is 6.33 Å². The highest BCUT2D eigenvalue weighted by Gasteiger charge is 2.36. The normalized spacial score (nSPS) is 22.2. The minimum Gasteiger partial charge on any atom is -0.353 e. The third-order valence-electron chi connectivity index (χ3n) is 5.63. The van der Waals surface area contributed by atoms with Gasteiger partial charge < -0.3 is 10.2 Å². The lowest BCUT2D eigenvalue weighted by molar-refractivity contribution is -0.114. The maximum absolute atomic E-state index is 12.0. The Balaban J connectivity index is 1.64. The zero-order chi connectivity index (χ0) is 18.8. The minimum atomic E-state index is -0.323. The van der Waals surface area contributed by atoms with Crippen LogP contribution in [-0.4, -0.2) is 34.2 Å². The van der Waals surface area contributed by atoms with Crippen LogP contribution in [0.25, 0.3) is 10.9 Å². The molecule has 6 nitrogen and oxygen atoms in total. The van der Waals surface area contributed by atoms with Crippen molar-refractivity contribution in [2.45, 2.75) is 45.1 Å². The number of hydrogen-bond acceptors (Lipinski definition) is 5. The zero-order valence-corrected chi connectivity index (χ0v) is 15.5. The molecule has 1 saturated heterocycles. The van der Waals surface area contributed by atoms with Crippen LogP contribution in [0.3, 0.4) is 0 Å². The number of nitrogens with zero attached hydrogens (tertiary/aromatic N) is 3. The van der Waals surface area contributed by atoms with E-state index in [2.05, 4.69) is 20.2 Å². The molecule has 2 aromatic rings. The Kier molecular flexibility index (Phi) is 4.88. The molecule has 2 atom stereocenters. The van der Waals surface area contributed by atoms with Crippen LogP contribution in [0.15, 0.2) is 36.7 Å². The van der Waals surface area contributed by atoms with Gasteiger partial charge in [-0.25, -0.2) is 9.97 Å². The molecule has 6 heteroatoms. The number of amides is 1. The first-order valence-electron chi connectivity index (χ1n) is 9.63. The van der Waals surface area contributed by atoms with Gasteiger partial charge in [-0.1, -0.05) is 12.8 Å². The highest BCUT2D eigenvalue weighted by Crippen LogP contribution is 2.40. The van der Waals surface area contributed by atoms with Gasteiger partial charge in [-0.15, -0.1) is 0 Å². The fourth-order valence-electron chi connectivity index (χ4n) is 4.40. The average molecular weight is 364 g/mol. The van der Waals surface area contributed by atoms with Crippen LogP contribution >= 0.6 is 0 Å². The Morgan fingerprint density at radius 1 is 1.15 bits per heavy atom. The van der Waals surface area contributed by atoms with Crippen molar-refractivity contribution in [3.05, 3.63) is 36.7 Å². The molecule has 140 valence electrons. The first-order chi connectivity index (χ1) is 13.1. The fourth-order valence-corrected chi connectivity index (χ4v) is 4.40. The summed E-state index contributed by atoms with van der Waals surface area (Å²) in [6, 6.07) is 6.22. The predicted octanol–water partition coefficient (Wildman–Crippen LogP) is 3.48. The van der Waals surface area contributed by atoms with Crippen LogP contribution in [-0.2, 0) is 9.59 Å². The van der Waals surface area contributed by atoms with Gasteiger partial charge in [0.05, 0.1) is 5.52 Å². The Labute approximate surface area is 158 Å². The molecule has 1 aromatic carbocycles. The van der Waals surface area contributed by atoms with Crippen LogP contribution in [0, 0.1) is 5.92 Å². The number of nitrogens with one attached hydrogen (secondary N) is 1. The molecule has 2 unspecified atom stereocenters. The SMILES string of the molecule is CC(=O)/C=C/C(=O)Nc1ccc2ncnc(N3CCC4CCCCC43)c2c1. The summed E-state index contributed by atoms with van der Waals surface area (Å²) in [5, 5.41) is 3.77. The number of ketones is 1. The molecule has 0 bridgehead atoms. The number of allylic oxidation sites excluding steroid dienone is 1. The number of carbonyl (C=O) groups excluding carboxylic acids is 2. The molecule has 1 aromatic heterocycles. The molecule has 0 spiro atoms. The summed E-state index contributed by atoms with van der Waals surface area (Å²) < 4.78 is 0. The van der Waals surface area contributed by atoms with Gasteiger partial charge in [0.25, 0.3) is 0 Å². The van der Waals surface area contributed by atoms with Gasteiger partial charge in [-0.05, 0) is 56.4 Å². The number of rotatable bonds is 4. The number of fused-ring (bicyclic) bond motifs is 2. The standard InChI is InChI=1S/C21H24N4O2/c1-14(26)6-9-20(27)24-16-7-8-18-17(12-16)21(23-13-22-18)25-11-10-15-4-2-3-5-19(15)25/h6-9,12-13,15,19H,2-5,10-11H2,1H3,(H,24,27)/b9-6+. The number of benzene rings is 1. The van der Waals surface area contributed by atoms with E-state index >= 15 is 0 Å². The molecule has 2 aliphatic rings. The summed E-state index contributed by atoms with van der Waals surface area (Å²) in [6.07, 6.45) is 10.5. The second kappa shape index (κ2) is 7.47. The largest absolute Gasteiger partial charge is 0.353 e. The maximum Gasteiger partial charge on any atom is 0.248 e. The zero-order valence-electron chi connectivity index (χ0n) is 15.5. The quantitative estimate of drug-likeness (QED) is 0.841. The molecule has 0 radical (unpaired) electrons. The van der Waals surface area contributed by atoms with Crippen LogP contribution in [0.5, 0.6) is 0 Å². The molecule has 1 amide bonds. The number of aromatic nitrogens is 2. The third-order valence-corrected chi connectivity index (χ3v) is 5.63. The van der Waals surface area contributed by atoms with E-state index < -0.39 is 0 Å². The van der Waals surface area contributed by atoms with E-state index in [0.29, 0.717) is 11.7 Å². The smallest absolute Gasteiger partial charge is 0.248 e. The summed E-state index contributed by atoms with van der Waals surface area (Å²) in [5.41, 5.74) is 1.55. The molecule has 1 saturated carbocycles. The lowest BCUT2D eigenvalue weighted by Crippen LogP contribution is -2.35. The van der Waals surface area contributed by atoms with Crippen molar-refractivity contribution in [2.75, 3.05) is 16.8 Å².